The molecule has 6 heteroatoms. The lowest BCUT2D eigenvalue weighted by atomic mass is 10.1. The van der Waals surface area contributed by atoms with Crippen molar-refractivity contribution in [3.8, 4) is 17.1 Å². The standard InChI is InChI=1S/C13H11F3N2O/c1-8-10(4-6-12(18-8)19-2)11-5-3-9(7-17-11)13(14,15)16/h3-7H,1-2H3. The first kappa shape index (κ1) is 13.3. The van der Waals surface area contributed by atoms with Gasteiger partial charge in [0, 0.05) is 17.8 Å². The number of methoxy groups -OCH3 is 1. The van der Waals surface area contributed by atoms with Crippen molar-refractivity contribution in [2.24, 2.45) is 0 Å². The monoisotopic (exact) mass is 268 g/mol. The van der Waals surface area contributed by atoms with E-state index >= 15 is 0 Å². The Morgan fingerprint density at radius 3 is 2.32 bits per heavy atom. The Labute approximate surface area is 108 Å². The number of rotatable bonds is 2. The predicted octanol–water partition coefficient (Wildman–Crippen LogP) is 3.48. The third-order valence-electron chi connectivity index (χ3n) is 2.64. The molecule has 0 saturated carbocycles. The first-order valence-corrected chi connectivity index (χ1v) is 5.47. The number of nitrogens with zero attached hydrogens (tertiary/aromatic N) is 2. The van der Waals surface area contributed by atoms with E-state index in [1.165, 1.54) is 13.2 Å². The molecule has 2 aromatic heterocycles. The second-order valence-electron chi connectivity index (χ2n) is 3.92. The van der Waals surface area contributed by atoms with Crippen molar-refractivity contribution in [3.63, 3.8) is 0 Å². The summed E-state index contributed by atoms with van der Waals surface area (Å²) in [5.41, 5.74) is 0.997. The predicted molar refractivity (Wildman–Crippen MR) is 63.8 cm³/mol. The Balaban J connectivity index is 2.37. The van der Waals surface area contributed by atoms with Gasteiger partial charge >= 0.3 is 6.18 Å². The van der Waals surface area contributed by atoms with Crippen molar-refractivity contribution in [1.82, 2.24) is 9.97 Å². The molecule has 2 heterocycles. The summed E-state index contributed by atoms with van der Waals surface area (Å²) in [5.74, 6) is 0.452. The van der Waals surface area contributed by atoms with Gasteiger partial charge in [-0.25, -0.2) is 4.98 Å². The molecule has 0 amide bonds. The highest BCUT2D eigenvalue weighted by molar-refractivity contribution is 5.62. The maximum atomic E-state index is 12.4. The van der Waals surface area contributed by atoms with Crippen molar-refractivity contribution in [1.29, 1.82) is 0 Å². The molecule has 100 valence electrons. The molecule has 2 aromatic rings. The van der Waals surface area contributed by atoms with Gasteiger partial charge in [0.1, 0.15) is 0 Å². The van der Waals surface area contributed by atoms with E-state index in [0.717, 1.165) is 12.3 Å². The number of aryl methyl sites for hydroxylation is 1. The van der Waals surface area contributed by atoms with Crippen LogP contribution in [-0.2, 0) is 6.18 Å². The summed E-state index contributed by atoms with van der Waals surface area (Å²) in [5, 5.41) is 0. The molecule has 0 fully saturated rings. The molecule has 0 N–H and O–H groups in total. The first-order chi connectivity index (χ1) is 8.91. The molecule has 0 spiro atoms. The smallest absolute Gasteiger partial charge is 0.417 e. The van der Waals surface area contributed by atoms with Crippen LogP contribution in [0.1, 0.15) is 11.3 Å². The Morgan fingerprint density at radius 1 is 1.11 bits per heavy atom. The van der Waals surface area contributed by atoms with E-state index in [2.05, 4.69) is 9.97 Å². The lowest BCUT2D eigenvalue weighted by Gasteiger charge is -2.09. The van der Waals surface area contributed by atoms with Gasteiger partial charge in [-0.15, -0.1) is 0 Å². The molecule has 0 bridgehead atoms. The van der Waals surface area contributed by atoms with Crippen LogP contribution in [0.3, 0.4) is 0 Å². The highest BCUT2D eigenvalue weighted by atomic mass is 19.4. The van der Waals surface area contributed by atoms with Crippen LogP contribution in [0.25, 0.3) is 11.3 Å². The Hall–Kier alpha value is -2.11. The minimum absolute atomic E-state index is 0.445. The largest absolute Gasteiger partial charge is 0.481 e. The van der Waals surface area contributed by atoms with Crippen LogP contribution in [0.15, 0.2) is 30.5 Å². The number of ether oxygens (including phenoxy) is 1. The molecule has 3 nitrogen and oxygen atoms in total. The molecule has 0 aliphatic rings. The molecular formula is C13H11F3N2O. The average molecular weight is 268 g/mol. The fourth-order valence-corrected chi connectivity index (χ4v) is 1.64. The molecule has 0 saturated heterocycles. The topological polar surface area (TPSA) is 35.0 Å². The quantitative estimate of drug-likeness (QED) is 0.836. The lowest BCUT2D eigenvalue weighted by molar-refractivity contribution is -0.137. The summed E-state index contributed by atoms with van der Waals surface area (Å²) in [4.78, 5) is 7.99. The highest BCUT2D eigenvalue weighted by Gasteiger charge is 2.30. The van der Waals surface area contributed by atoms with E-state index < -0.39 is 11.7 Å². The summed E-state index contributed by atoms with van der Waals surface area (Å²) in [6.45, 7) is 1.75. The van der Waals surface area contributed by atoms with Gasteiger partial charge in [-0.2, -0.15) is 13.2 Å². The maximum Gasteiger partial charge on any atom is 0.417 e. The van der Waals surface area contributed by atoms with Crippen molar-refractivity contribution < 1.29 is 17.9 Å². The first-order valence-electron chi connectivity index (χ1n) is 5.47. The molecule has 2 rings (SSSR count). The van der Waals surface area contributed by atoms with Gasteiger partial charge in [-0.1, -0.05) is 0 Å². The summed E-state index contributed by atoms with van der Waals surface area (Å²) in [6, 6.07) is 5.70. The van der Waals surface area contributed by atoms with Gasteiger partial charge in [0.15, 0.2) is 0 Å². The SMILES string of the molecule is COc1ccc(-c2ccc(C(F)(F)F)cn2)c(C)n1. The van der Waals surface area contributed by atoms with Crippen LogP contribution in [0.5, 0.6) is 5.88 Å². The number of alkyl halides is 3. The van der Waals surface area contributed by atoms with Crippen molar-refractivity contribution in [2.45, 2.75) is 13.1 Å². The van der Waals surface area contributed by atoms with Crippen LogP contribution >= 0.6 is 0 Å². The van der Waals surface area contributed by atoms with E-state index in [4.69, 9.17) is 4.74 Å². The fraction of sp³-hybridized carbons (Fsp3) is 0.231. The van der Waals surface area contributed by atoms with Crippen LogP contribution < -0.4 is 4.74 Å². The zero-order valence-electron chi connectivity index (χ0n) is 10.3. The van der Waals surface area contributed by atoms with E-state index in [9.17, 15) is 13.2 Å². The number of halogens is 3. The third-order valence-corrected chi connectivity index (χ3v) is 2.64. The van der Waals surface area contributed by atoms with Gasteiger partial charge in [0.2, 0.25) is 5.88 Å². The number of pyridine rings is 2. The van der Waals surface area contributed by atoms with Gasteiger partial charge < -0.3 is 4.74 Å². The minimum atomic E-state index is -4.38. The van der Waals surface area contributed by atoms with Gasteiger partial charge in [0.25, 0.3) is 0 Å². The summed E-state index contributed by atoms with van der Waals surface area (Å²) < 4.78 is 42.3. The van der Waals surface area contributed by atoms with Crippen molar-refractivity contribution >= 4 is 0 Å². The van der Waals surface area contributed by atoms with E-state index in [0.29, 0.717) is 22.8 Å². The normalized spacial score (nSPS) is 11.4. The van der Waals surface area contributed by atoms with Crippen LogP contribution in [0, 0.1) is 6.92 Å². The van der Waals surface area contributed by atoms with Crippen LogP contribution in [0.2, 0.25) is 0 Å². The van der Waals surface area contributed by atoms with Gasteiger partial charge in [-0.3, -0.25) is 4.98 Å². The number of hydrogen-bond donors (Lipinski definition) is 0. The second kappa shape index (κ2) is 4.87. The maximum absolute atomic E-state index is 12.4. The lowest BCUT2D eigenvalue weighted by Crippen LogP contribution is -2.05. The minimum Gasteiger partial charge on any atom is -0.481 e. The second-order valence-corrected chi connectivity index (χ2v) is 3.92. The molecular weight excluding hydrogens is 257 g/mol. The molecule has 0 atom stereocenters. The summed E-state index contributed by atoms with van der Waals surface area (Å²) in [7, 11) is 1.50. The van der Waals surface area contributed by atoms with Gasteiger partial charge in [0.05, 0.1) is 24.1 Å². The number of aromatic nitrogens is 2. The van der Waals surface area contributed by atoms with E-state index in [-0.39, 0.29) is 0 Å². The zero-order chi connectivity index (χ0) is 14.0. The Morgan fingerprint density at radius 2 is 1.84 bits per heavy atom. The third kappa shape index (κ3) is 2.83. The number of hydrogen-bond acceptors (Lipinski definition) is 3. The van der Waals surface area contributed by atoms with Crippen molar-refractivity contribution in [3.05, 3.63) is 41.7 Å². The Bertz CT molecular complexity index is 579. The molecule has 0 aliphatic carbocycles. The summed E-state index contributed by atoms with van der Waals surface area (Å²) >= 11 is 0. The van der Waals surface area contributed by atoms with E-state index in [1.54, 1.807) is 19.1 Å². The van der Waals surface area contributed by atoms with Gasteiger partial charge in [-0.05, 0) is 25.1 Å². The highest BCUT2D eigenvalue weighted by Crippen LogP contribution is 2.30. The zero-order valence-corrected chi connectivity index (χ0v) is 10.3. The van der Waals surface area contributed by atoms with Crippen LogP contribution in [0.4, 0.5) is 13.2 Å². The fourth-order valence-electron chi connectivity index (χ4n) is 1.64. The average Bonchev–Trinajstić information content (AvgIpc) is 2.37. The Kier molecular flexibility index (Phi) is 3.42. The van der Waals surface area contributed by atoms with E-state index in [1.807, 2.05) is 0 Å². The van der Waals surface area contributed by atoms with Crippen molar-refractivity contribution in [2.75, 3.05) is 7.11 Å². The summed E-state index contributed by atoms with van der Waals surface area (Å²) in [6.07, 6.45) is -3.56. The molecule has 0 radical (unpaired) electrons. The molecule has 0 aromatic carbocycles. The van der Waals surface area contributed by atoms with Crippen LogP contribution in [-0.4, -0.2) is 17.1 Å². The molecule has 0 aliphatic heterocycles. The molecule has 0 unspecified atom stereocenters. The molecule has 19 heavy (non-hydrogen) atoms.